The lowest BCUT2D eigenvalue weighted by Crippen LogP contribution is -2.56. The second-order valence-corrected chi connectivity index (χ2v) is 5.60. The van der Waals surface area contributed by atoms with E-state index in [-0.39, 0.29) is 12.3 Å². The van der Waals surface area contributed by atoms with E-state index in [9.17, 15) is 14.7 Å². The minimum absolute atomic E-state index is 0.205. The highest BCUT2D eigenvalue weighted by Gasteiger charge is 2.40. The zero-order valence-electron chi connectivity index (χ0n) is 11.8. The monoisotopic (exact) mass is 275 g/mol. The highest BCUT2D eigenvalue weighted by atomic mass is 16.4. The topological polar surface area (TPSA) is 66.4 Å². The van der Waals surface area contributed by atoms with Crippen LogP contribution >= 0.6 is 0 Å². The lowest BCUT2D eigenvalue weighted by Gasteiger charge is -2.34. The van der Waals surface area contributed by atoms with Gasteiger partial charge >= 0.3 is 5.97 Å². The van der Waals surface area contributed by atoms with Gasteiger partial charge in [-0.1, -0.05) is 43.5 Å². The number of benzene rings is 1. The number of hydrogen-bond donors (Lipinski definition) is 2. The van der Waals surface area contributed by atoms with Gasteiger partial charge in [0, 0.05) is 0 Å². The fraction of sp³-hybridized carbons (Fsp3) is 0.500. The number of nitrogens with one attached hydrogen (secondary N) is 1. The van der Waals surface area contributed by atoms with E-state index in [0.29, 0.717) is 12.8 Å². The first kappa shape index (κ1) is 14.6. The summed E-state index contributed by atoms with van der Waals surface area (Å²) in [5, 5.41) is 12.2. The van der Waals surface area contributed by atoms with Crippen LogP contribution < -0.4 is 5.32 Å². The maximum absolute atomic E-state index is 12.2. The van der Waals surface area contributed by atoms with Gasteiger partial charge in [-0.25, -0.2) is 4.79 Å². The van der Waals surface area contributed by atoms with Crippen molar-refractivity contribution in [2.75, 3.05) is 0 Å². The minimum Gasteiger partial charge on any atom is -0.480 e. The Hall–Kier alpha value is -1.84. The van der Waals surface area contributed by atoms with Crippen molar-refractivity contribution in [1.82, 2.24) is 5.32 Å². The lowest BCUT2D eigenvalue weighted by atomic mass is 9.81. The summed E-state index contributed by atoms with van der Waals surface area (Å²) in [6.07, 6.45) is 4.06. The average molecular weight is 275 g/mol. The molecule has 2 rings (SSSR count). The molecule has 0 saturated heterocycles. The van der Waals surface area contributed by atoms with Crippen molar-refractivity contribution in [2.24, 2.45) is 0 Å². The molecule has 1 fully saturated rings. The first-order valence-corrected chi connectivity index (χ1v) is 7.12. The summed E-state index contributed by atoms with van der Waals surface area (Å²) < 4.78 is 0. The number of hydrogen-bond acceptors (Lipinski definition) is 2. The smallest absolute Gasteiger partial charge is 0.329 e. The Balaban J connectivity index is 2.06. The lowest BCUT2D eigenvalue weighted by molar-refractivity contribution is -0.149. The molecule has 0 aliphatic heterocycles. The van der Waals surface area contributed by atoms with Gasteiger partial charge in [-0.2, -0.15) is 0 Å². The average Bonchev–Trinajstić information content (AvgIpc) is 2.42. The van der Waals surface area contributed by atoms with Crippen molar-refractivity contribution >= 4 is 11.9 Å². The van der Waals surface area contributed by atoms with Gasteiger partial charge in [0.2, 0.25) is 5.91 Å². The summed E-state index contributed by atoms with van der Waals surface area (Å²) in [7, 11) is 0. The molecule has 4 nitrogen and oxygen atoms in total. The van der Waals surface area contributed by atoms with Crippen LogP contribution in [0.15, 0.2) is 24.3 Å². The molecule has 1 aliphatic rings. The number of rotatable bonds is 4. The van der Waals surface area contributed by atoms with E-state index in [4.69, 9.17) is 0 Å². The number of carbonyl (C=O) groups is 2. The van der Waals surface area contributed by atoms with Crippen LogP contribution in [0.3, 0.4) is 0 Å². The van der Waals surface area contributed by atoms with E-state index < -0.39 is 11.5 Å². The molecule has 2 N–H and O–H groups in total. The summed E-state index contributed by atoms with van der Waals surface area (Å²) in [5.41, 5.74) is 0.940. The number of carboxylic acids is 1. The van der Waals surface area contributed by atoms with E-state index >= 15 is 0 Å². The van der Waals surface area contributed by atoms with Crippen molar-refractivity contribution in [3.63, 3.8) is 0 Å². The van der Waals surface area contributed by atoms with Crippen LogP contribution in [0.2, 0.25) is 0 Å². The second kappa shape index (κ2) is 6.07. The Bertz CT molecular complexity index is 504. The molecule has 1 aromatic rings. The number of carboxylic acid groups (broad SMARTS) is 1. The van der Waals surface area contributed by atoms with Gasteiger partial charge in [0.25, 0.3) is 0 Å². The molecular formula is C16H21NO3. The maximum Gasteiger partial charge on any atom is 0.329 e. The fourth-order valence-electron chi connectivity index (χ4n) is 2.84. The van der Waals surface area contributed by atoms with E-state index in [1.807, 2.05) is 31.2 Å². The molecule has 0 spiro atoms. The molecule has 0 atom stereocenters. The summed E-state index contributed by atoms with van der Waals surface area (Å²) in [5.74, 6) is -1.11. The maximum atomic E-state index is 12.2. The van der Waals surface area contributed by atoms with Gasteiger partial charge in [0.05, 0.1) is 6.42 Å². The summed E-state index contributed by atoms with van der Waals surface area (Å²) in [4.78, 5) is 23.7. The molecule has 20 heavy (non-hydrogen) atoms. The van der Waals surface area contributed by atoms with Crippen molar-refractivity contribution in [3.05, 3.63) is 35.4 Å². The summed E-state index contributed by atoms with van der Waals surface area (Å²) in [6, 6.07) is 7.68. The van der Waals surface area contributed by atoms with Crippen molar-refractivity contribution in [1.29, 1.82) is 0 Å². The van der Waals surface area contributed by atoms with E-state index in [2.05, 4.69) is 5.32 Å². The van der Waals surface area contributed by atoms with Gasteiger partial charge in [-0.3, -0.25) is 4.79 Å². The minimum atomic E-state index is -1.06. The molecule has 1 saturated carbocycles. The molecule has 0 aromatic heterocycles. The first-order chi connectivity index (χ1) is 9.53. The van der Waals surface area contributed by atoms with Crippen LogP contribution in [0, 0.1) is 6.92 Å². The number of amides is 1. The second-order valence-electron chi connectivity index (χ2n) is 5.60. The van der Waals surface area contributed by atoms with Gasteiger partial charge in [0.1, 0.15) is 5.54 Å². The van der Waals surface area contributed by atoms with E-state index in [1.165, 1.54) is 0 Å². The summed E-state index contributed by atoms with van der Waals surface area (Å²) in [6.45, 7) is 1.95. The largest absolute Gasteiger partial charge is 0.480 e. The van der Waals surface area contributed by atoms with E-state index in [1.54, 1.807) is 0 Å². The van der Waals surface area contributed by atoms with Gasteiger partial charge in [-0.05, 0) is 30.9 Å². The van der Waals surface area contributed by atoms with Crippen LogP contribution in [0.5, 0.6) is 0 Å². The third-order valence-electron chi connectivity index (χ3n) is 4.11. The molecule has 108 valence electrons. The molecule has 0 bridgehead atoms. The van der Waals surface area contributed by atoms with E-state index in [0.717, 1.165) is 30.4 Å². The Kier molecular flexibility index (Phi) is 4.42. The van der Waals surface area contributed by atoms with Crippen molar-refractivity contribution < 1.29 is 14.7 Å². The Labute approximate surface area is 119 Å². The van der Waals surface area contributed by atoms with Gasteiger partial charge < -0.3 is 10.4 Å². The first-order valence-electron chi connectivity index (χ1n) is 7.12. The molecule has 1 aliphatic carbocycles. The van der Waals surface area contributed by atoms with Gasteiger partial charge in [-0.15, -0.1) is 0 Å². The van der Waals surface area contributed by atoms with Crippen LogP contribution in [-0.2, 0) is 16.0 Å². The normalized spacial score (nSPS) is 17.4. The Morgan fingerprint density at radius 1 is 1.20 bits per heavy atom. The quantitative estimate of drug-likeness (QED) is 0.887. The number of aryl methyl sites for hydroxylation is 1. The zero-order valence-corrected chi connectivity index (χ0v) is 11.8. The summed E-state index contributed by atoms with van der Waals surface area (Å²) >= 11 is 0. The molecule has 0 radical (unpaired) electrons. The third kappa shape index (κ3) is 3.18. The molecule has 0 unspecified atom stereocenters. The molecule has 1 amide bonds. The fourth-order valence-corrected chi connectivity index (χ4v) is 2.84. The van der Waals surface area contributed by atoms with Crippen LogP contribution in [0.1, 0.15) is 43.2 Å². The predicted molar refractivity (Wildman–Crippen MR) is 76.5 cm³/mol. The molecule has 4 heteroatoms. The molecule has 0 heterocycles. The van der Waals surface area contributed by atoms with Crippen LogP contribution in [0.25, 0.3) is 0 Å². The number of carbonyl (C=O) groups excluding carboxylic acids is 1. The predicted octanol–water partition coefficient (Wildman–Crippen LogP) is 2.44. The molecule has 1 aromatic carbocycles. The Morgan fingerprint density at radius 3 is 2.45 bits per heavy atom. The van der Waals surface area contributed by atoms with Gasteiger partial charge in [0.15, 0.2) is 0 Å². The van der Waals surface area contributed by atoms with Crippen LogP contribution in [-0.4, -0.2) is 22.5 Å². The van der Waals surface area contributed by atoms with Crippen molar-refractivity contribution in [2.45, 2.75) is 51.0 Å². The van der Waals surface area contributed by atoms with Crippen LogP contribution in [0.4, 0.5) is 0 Å². The Morgan fingerprint density at radius 2 is 1.85 bits per heavy atom. The number of aliphatic carboxylic acids is 1. The SMILES string of the molecule is Cc1ccccc1CC(=O)NC1(C(=O)O)CCCCC1. The molecular weight excluding hydrogens is 254 g/mol. The zero-order chi connectivity index (χ0) is 14.6. The highest BCUT2D eigenvalue weighted by molar-refractivity contribution is 5.88. The standard InChI is InChI=1S/C16H21NO3/c1-12-7-3-4-8-13(12)11-14(18)17-16(15(19)20)9-5-2-6-10-16/h3-4,7-8H,2,5-6,9-11H2,1H3,(H,17,18)(H,19,20). The van der Waals surface area contributed by atoms with Crippen molar-refractivity contribution in [3.8, 4) is 0 Å². The third-order valence-corrected chi connectivity index (χ3v) is 4.11. The highest BCUT2D eigenvalue weighted by Crippen LogP contribution is 2.28.